The average molecular weight is 441 g/mol. The summed E-state index contributed by atoms with van der Waals surface area (Å²) in [7, 11) is 0. The van der Waals surface area contributed by atoms with Crippen molar-refractivity contribution in [2.75, 3.05) is 36.4 Å². The summed E-state index contributed by atoms with van der Waals surface area (Å²) in [6.45, 7) is 9.47. The lowest BCUT2D eigenvalue weighted by Gasteiger charge is -2.38. The molecule has 0 radical (unpaired) electrons. The Morgan fingerprint density at radius 3 is 2.34 bits per heavy atom. The molecule has 172 valence electrons. The maximum absolute atomic E-state index is 13.1. The van der Waals surface area contributed by atoms with Crippen LogP contribution < -0.4 is 15.5 Å². The molecule has 32 heavy (non-hydrogen) atoms. The minimum Gasteiger partial charge on any atom is -0.369 e. The molecule has 0 aliphatic carbocycles. The van der Waals surface area contributed by atoms with E-state index in [1.807, 2.05) is 45.0 Å². The van der Waals surface area contributed by atoms with E-state index in [4.69, 9.17) is 0 Å². The van der Waals surface area contributed by atoms with Crippen LogP contribution in [0.3, 0.4) is 0 Å². The number of hydrogen-bond acceptors (Lipinski definition) is 4. The third-order valence-electron chi connectivity index (χ3n) is 5.70. The maximum atomic E-state index is 13.1. The summed E-state index contributed by atoms with van der Waals surface area (Å²) in [5.41, 5.74) is 2.69. The quantitative estimate of drug-likeness (QED) is 0.658. The number of rotatable bonds is 8. The molecule has 2 aromatic rings. The van der Waals surface area contributed by atoms with Crippen molar-refractivity contribution in [2.24, 2.45) is 5.92 Å². The number of carbonyl (C=O) groups is 2. The first-order chi connectivity index (χ1) is 15.3. The fourth-order valence-corrected chi connectivity index (χ4v) is 3.86. The summed E-state index contributed by atoms with van der Waals surface area (Å²) in [6, 6.07) is 13.9. The van der Waals surface area contributed by atoms with Crippen molar-refractivity contribution in [1.29, 1.82) is 0 Å². The van der Waals surface area contributed by atoms with E-state index in [-0.39, 0.29) is 23.7 Å². The highest BCUT2D eigenvalue weighted by molar-refractivity contribution is 5.90. The molecule has 1 heterocycles. The van der Waals surface area contributed by atoms with E-state index in [9.17, 15) is 14.0 Å². The van der Waals surface area contributed by atoms with Gasteiger partial charge in [0.25, 0.3) is 0 Å². The Bertz CT molecular complexity index is 908. The van der Waals surface area contributed by atoms with Gasteiger partial charge in [-0.25, -0.2) is 4.39 Å². The first-order valence-corrected chi connectivity index (χ1v) is 11.2. The number of hydrogen-bond donors (Lipinski definition) is 2. The van der Waals surface area contributed by atoms with Gasteiger partial charge < -0.3 is 15.5 Å². The highest BCUT2D eigenvalue weighted by Gasteiger charge is 2.25. The molecule has 2 amide bonds. The molecule has 1 fully saturated rings. The highest BCUT2D eigenvalue weighted by Crippen LogP contribution is 2.18. The molecule has 1 saturated heterocycles. The zero-order valence-corrected chi connectivity index (χ0v) is 19.1. The van der Waals surface area contributed by atoms with Gasteiger partial charge in [-0.15, -0.1) is 0 Å². The number of benzene rings is 2. The number of amides is 2. The predicted octanol–water partition coefficient (Wildman–Crippen LogP) is 3.64. The molecule has 7 heteroatoms. The number of nitrogens with zero attached hydrogens (tertiary/aromatic N) is 2. The predicted molar refractivity (Wildman–Crippen MR) is 126 cm³/mol. The van der Waals surface area contributed by atoms with Gasteiger partial charge in [0, 0.05) is 50.5 Å². The number of halogens is 1. The fraction of sp³-hybridized carbons (Fsp3) is 0.440. The zero-order valence-electron chi connectivity index (χ0n) is 19.1. The molecule has 1 aliphatic rings. The van der Waals surface area contributed by atoms with Crippen molar-refractivity contribution >= 4 is 23.2 Å². The Labute approximate surface area is 189 Å². The Hall–Kier alpha value is -2.93. The van der Waals surface area contributed by atoms with Crippen molar-refractivity contribution in [3.8, 4) is 0 Å². The van der Waals surface area contributed by atoms with Crippen LogP contribution in [0.4, 0.5) is 15.8 Å². The molecule has 0 aromatic heterocycles. The fourth-order valence-electron chi connectivity index (χ4n) is 3.86. The first kappa shape index (κ1) is 23.7. The Morgan fingerprint density at radius 1 is 1.00 bits per heavy atom. The van der Waals surface area contributed by atoms with Gasteiger partial charge in [0.1, 0.15) is 5.82 Å². The van der Waals surface area contributed by atoms with E-state index in [1.165, 1.54) is 12.1 Å². The standard InChI is InChI=1S/C25H33FN4O2/c1-18(2)15-24(31)28-22-6-4-5-20(16-22)17-27-25(32)19(3)29-11-13-30(14-12-29)23-9-7-21(26)8-10-23/h4-10,16,18-19H,11-15,17H2,1-3H3,(H,27,32)(H,28,31). The SMILES string of the molecule is CC(C)CC(=O)Nc1cccc(CNC(=O)C(C)N2CCN(c3ccc(F)cc3)CC2)c1. The number of carbonyl (C=O) groups excluding carboxylic acids is 2. The summed E-state index contributed by atoms with van der Waals surface area (Å²) in [4.78, 5) is 29.1. The normalized spacial score (nSPS) is 15.5. The summed E-state index contributed by atoms with van der Waals surface area (Å²) in [6.07, 6.45) is 0.479. The van der Waals surface area contributed by atoms with Gasteiger partial charge in [-0.3, -0.25) is 14.5 Å². The van der Waals surface area contributed by atoms with Gasteiger partial charge >= 0.3 is 0 Å². The van der Waals surface area contributed by atoms with Crippen LogP contribution in [0.1, 0.15) is 32.8 Å². The summed E-state index contributed by atoms with van der Waals surface area (Å²) in [5, 5.41) is 5.92. The zero-order chi connectivity index (χ0) is 23.1. The van der Waals surface area contributed by atoms with Crippen LogP contribution in [0.2, 0.25) is 0 Å². The van der Waals surface area contributed by atoms with Crippen LogP contribution in [-0.4, -0.2) is 48.9 Å². The van der Waals surface area contributed by atoms with Crippen LogP contribution >= 0.6 is 0 Å². The van der Waals surface area contributed by atoms with Gasteiger partial charge in [-0.05, 0) is 54.8 Å². The van der Waals surface area contributed by atoms with E-state index < -0.39 is 0 Å². The van der Waals surface area contributed by atoms with Gasteiger partial charge in [0.2, 0.25) is 11.8 Å². The van der Waals surface area contributed by atoms with Crippen molar-refractivity contribution in [3.63, 3.8) is 0 Å². The number of nitrogens with one attached hydrogen (secondary N) is 2. The molecule has 1 atom stereocenters. The minimum atomic E-state index is -0.237. The third kappa shape index (κ3) is 6.79. The van der Waals surface area contributed by atoms with Gasteiger partial charge in [-0.2, -0.15) is 0 Å². The molecule has 2 N–H and O–H groups in total. The molecule has 3 rings (SSSR count). The Balaban J connectivity index is 1.46. The summed E-state index contributed by atoms with van der Waals surface area (Å²) < 4.78 is 13.1. The highest BCUT2D eigenvalue weighted by atomic mass is 19.1. The maximum Gasteiger partial charge on any atom is 0.237 e. The van der Waals surface area contributed by atoms with E-state index in [2.05, 4.69) is 20.4 Å². The third-order valence-corrected chi connectivity index (χ3v) is 5.70. The molecule has 1 aliphatic heterocycles. The lowest BCUT2D eigenvalue weighted by Crippen LogP contribution is -2.53. The first-order valence-electron chi connectivity index (χ1n) is 11.2. The number of piperazine rings is 1. The second-order valence-electron chi connectivity index (χ2n) is 8.74. The Kier molecular flexibility index (Phi) is 8.22. The lowest BCUT2D eigenvalue weighted by atomic mass is 10.1. The van der Waals surface area contributed by atoms with Crippen LogP contribution in [0.15, 0.2) is 48.5 Å². The van der Waals surface area contributed by atoms with Crippen LogP contribution in [0.25, 0.3) is 0 Å². The average Bonchev–Trinajstić information content (AvgIpc) is 2.77. The monoisotopic (exact) mass is 440 g/mol. The summed E-state index contributed by atoms with van der Waals surface area (Å²) >= 11 is 0. The molecule has 0 saturated carbocycles. The second kappa shape index (κ2) is 11.1. The van der Waals surface area contributed by atoms with Crippen molar-refractivity contribution in [2.45, 2.75) is 39.8 Å². The van der Waals surface area contributed by atoms with Crippen LogP contribution in [0, 0.1) is 11.7 Å². The van der Waals surface area contributed by atoms with Crippen LogP contribution in [-0.2, 0) is 16.1 Å². The van der Waals surface area contributed by atoms with Crippen molar-refractivity contribution in [1.82, 2.24) is 10.2 Å². The van der Waals surface area contributed by atoms with Crippen molar-refractivity contribution < 1.29 is 14.0 Å². The summed E-state index contributed by atoms with van der Waals surface area (Å²) in [5.74, 6) is 0.0433. The van der Waals surface area contributed by atoms with E-state index >= 15 is 0 Å². The molecule has 6 nitrogen and oxygen atoms in total. The van der Waals surface area contributed by atoms with Crippen molar-refractivity contribution in [3.05, 3.63) is 59.9 Å². The van der Waals surface area contributed by atoms with E-state index in [1.54, 1.807) is 12.1 Å². The van der Waals surface area contributed by atoms with Gasteiger partial charge in [0.05, 0.1) is 6.04 Å². The molecular weight excluding hydrogens is 407 g/mol. The number of anilines is 2. The topological polar surface area (TPSA) is 64.7 Å². The smallest absolute Gasteiger partial charge is 0.237 e. The van der Waals surface area contributed by atoms with Crippen LogP contribution in [0.5, 0.6) is 0 Å². The van der Waals surface area contributed by atoms with Gasteiger partial charge in [-0.1, -0.05) is 26.0 Å². The minimum absolute atomic E-state index is 0.00501. The van der Waals surface area contributed by atoms with E-state index in [0.717, 1.165) is 43.1 Å². The second-order valence-corrected chi connectivity index (χ2v) is 8.74. The molecule has 0 spiro atoms. The Morgan fingerprint density at radius 2 is 1.69 bits per heavy atom. The largest absolute Gasteiger partial charge is 0.369 e. The molecule has 2 aromatic carbocycles. The van der Waals surface area contributed by atoms with E-state index in [0.29, 0.717) is 18.9 Å². The molecule has 1 unspecified atom stereocenters. The lowest BCUT2D eigenvalue weighted by molar-refractivity contribution is -0.126. The molecule has 0 bridgehead atoms. The van der Waals surface area contributed by atoms with Gasteiger partial charge in [0.15, 0.2) is 0 Å². The molecular formula is C25H33FN4O2.